The van der Waals surface area contributed by atoms with Crippen LogP contribution in [-0.2, 0) is 4.74 Å². The van der Waals surface area contributed by atoms with Crippen LogP contribution in [0.15, 0.2) is 10.8 Å². The Morgan fingerprint density at radius 1 is 1.13 bits per heavy atom. The van der Waals surface area contributed by atoms with Gasteiger partial charge in [0.05, 0.1) is 18.4 Å². The summed E-state index contributed by atoms with van der Waals surface area (Å²) in [4.78, 5) is 38.9. The molecule has 0 spiro atoms. The minimum atomic E-state index is -0.484. The van der Waals surface area contributed by atoms with E-state index in [4.69, 9.17) is 0 Å². The largest absolute Gasteiger partial charge is 0.465 e. The number of carbonyl (C=O) groups excluding carboxylic acids is 3. The summed E-state index contributed by atoms with van der Waals surface area (Å²) in [5.41, 5.74) is 0.782. The molecule has 2 N–H and O–H groups in total. The summed E-state index contributed by atoms with van der Waals surface area (Å²) in [6.45, 7) is 4.29. The highest BCUT2D eigenvalue weighted by Crippen LogP contribution is 2.22. The van der Waals surface area contributed by atoms with Crippen LogP contribution < -0.4 is 10.6 Å². The minimum Gasteiger partial charge on any atom is -0.465 e. The molecule has 23 heavy (non-hydrogen) atoms. The van der Waals surface area contributed by atoms with Crippen molar-refractivity contribution in [2.24, 2.45) is 0 Å². The van der Waals surface area contributed by atoms with E-state index < -0.39 is 5.97 Å². The van der Waals surface area contributed by atoms with Gasteiger partial charge in [0, 0.05) is 43.5 Å². The SMILES string of the molecule is CCNC(=O)N1CCN(C(=O)Nc2cscc2C(=O)OC)CC1. The summed E-state index contributed by atoms with van der Waals surface area (Å²) >= 11 is 1.31. The first-order valence-corrected chi connectivity index (χ1v) is 8.24. The molecule has 1 aliphatic rings. The summed E-state index contributed by atoms with van der Waals surface area (Å²) in [5, 5.41) is 8.79. The molecule has 1 aromatic heterocycles. The zero-order valence-electron chi connectivity index (χ0n) is 13.1. The maximum atomic E-state index is 12.3. The predicted molar refractivity (Wildman–Crippen MR) is 86.9 cm³/mol. The van der Waals surface area contributed by atoms with Crippen LogP contribution in [0.3, 0.4) is 0 Å². The number of ether oxygens (including phenoxy) is 1. The van der Waals surface area contributed by atoms with Gasteiger partial charge in [-0.2, -0.15) is 0 Å². The lowest BCUT2D eigenvalue weighted by Gasteiger charge is -2.34. The lowest BCUT2D eigenvalue weighted by atomic mass is 10.3. The van der Waals surface area contributed by atoms with Crippen molar-refractivity contribution in [3.8, 4) is 0 Å². The van der Waals surface area contributed by atoms with Crippen LogP contribution in [0.2, 0.25) is 0 Å². The number of rotatable bonds is 3. The van der Waals surface area contributed by atoms with Gasteiger partial charge in [0.15, 0.2) is 0 Å². The second kappa shape index (κ2) is 7.82. The number of nitrogens with zero attached hydrogens (tertiary/aromatic N) is 2. The molecule has 126 valence electrons. The highest BCUT2D eigenvalue weighted by molar-refractivity contribution is 7.08. The standard InChI is InChI=1S/C14H20N4O4S/c1-3-15-13(20)17-4-6-18(7-5-17)14(21)16-11-9-23-8-10(11)12(19)22-2/h8-9H,3-7H2,1-2H3,(H,15,20)(H,16,21). The molecule has 0 saturated carbocycles. The van der Waals surface area contributed by atoms with Crippen LogP contribution in [0.25, 0.3) is 0 Å². The van der Waals surface area contributed by atoms with Gasteiger partial charge in [-0.05, 0) is 6.92 Å². The quantitative estimate of drug-likeness (QED) is 0.814. The third kappa shape index (κ3) is 4.13. The summed E-state index contributed by atoms with van der Waals surface area (Å²) in [6.07, 6.45) is 0. The number of urea groups is 2. The Bertz CT molecular complexity index is 581. The van der Waals surface area contributed by atoms with Gasteiger partial charge in [0.25, 0.3) is 0 Å². The van der Waals surface area contributed by atoms with E-state index in [0.29, 0.717) is 44.0 Å². The fraction of sp³-hybridized carbons (Fsp3) is 0.500. The maximum absolute atomic E-state index is 12.3. The van der Waals surface area contributed by atoms with Crippen LogP contribution in [0.1, 0.15) is 17.3 Å². The Morgan fingerprint density at radius 2 is 1.74 bits per heavy atom. The molecule has 1 aliphatic heterocycles. The van der Waals surface area contributed by atoms with Gasteiger partial charge in [-0.3, -0.25) is 0 Å². The molecule has 2 rings (SSSR count). The number of thiophene rings is 1. The van der Waals surface area contributed by atoms with Crippen molar-refractivity contribution in [1.29, 1.82) is 0 Å². The molecule has 1 aromatic rings. The molecule has 0 aliphatic carbocycles. The first-order chi connectivity index (χ1) is 11.1. The number of carbonyl (C=O) groups is 3. The fourth-order valence-electron chi connectivity index (χ4n) is 2.23. The second-order valence-corrected chi connectivity index (χ2v) is 5.67. The number of amides is 4. The van der Waals surface area contributed by atoms with Crippen molar-refractivity contribution >= 4 is 35.1 Å². The van der Waals surface area contributed by atoms with Gasteiger partial charge in [-0.15, -0.1) is 11.3 Å². The average molecular weight is 340 g/mol. The topological polar surface area (TPSA) is 91.0 Å². The molecule has 0 bridgehead atoms. The highest BCUT2D eigenvalue weighted by Gasteiger charge is 2.25. The van der Waals surface area contributed by atoms with Crippen molar-refractivity contribution in [2.45, 2.75) is 6.92 Å². The monoisotopic (exact) mass is 340 g/mol. The lowest BCUT2D eigenvalue weighted by molar-refractivity contribution is 0.0602. The summed E-state index contributed by atoms with van der Waals surface area (Å²) in [5.74, 6) is -0.484. The van der Waals surface area contributed by atoms with Gasteiger partial charge in [0.2, 0.25) is 0 Å². The minimum absolute atomic E-state index is 0.113. The lowest BCUT2D eigenvalue weighted by Crippen LogP contribution is -2.54. The van der Waals surface area contributed by atoms with Gasteiger partial charge >= 0.3 is 18.0 Å². The van der Waals surface area contributed by atoms with Gasteiger partial charge in [-0.1, -0.05) is 0 Å². The van der Waals surface area contributed by atoms with Crippen LogP contribution in [0.5, 0.6) is 0 Å². The number of nitrogens with one attached hydrogen (secondary N) is 2. The molecule has 9 heteroatoms. The molecular weight excluding hydrogens is 320 g/mol. The van der Waals surface area contributed by atoms with E-state index in [1.54, 1.807) is 20.6 Å². The second-order valence-electron chi connectivity index (χ2n) is 4.93. The smallest absolute Gasteiger partial charge is 0.340 e. The predicted octanol–water partition coefficient (Wildman–Crippen LogP) is 1.41. The van der Waals surface area contributed by atoms with E-state index in [1.165, 1.54) is 18.4 Å². The Morgan fingerprint density at radius 3 is 2.30 bits per heavy atom. The van der Waals surface area contributed by atoms with E-state index in [9.17, 15) is 14.4 Å². The summed E-state index contributed by atoms with van der Waals surface area (Å²) < 4.78 is 4.68. The van der Waals surface area contributed by atoms with Crippen molar-refractivity contribution in [1.82, 2.24) is 15.1 Å². The van der Waals surface area contributed by atoms with Crippen molar-refractivity contribution in [3.63, 3.8) is 0 Å². The summed E-state index contributed by atoms with van der Waals surface area (Å²) in [6, 6.07) is -0.400. The molecule has 1 fully saturated rings. The van der Waals surface area contributed by atoms with E-state index >= 15 is 0 Å². The molecule has 4 amide bonds. The first kappa shape index (κ1) is 17.1. The number of hydrogen-bond acceptors (Lipinski definition) is 5. The van der Waals surface area contributed by atoms with Crippen LogP contribution in [0, 0.1) is 0 Å². The molecular formula is C14H20N4O4S. The Hall–Kier alpha value is -2.29. The number of anilines is 1. The number of methoxy groups -OCH3 is 1. The molecule has 0 radical (unpaired) electrons. The molecule has 1 saturated heterocycles. The number of piperazine rings is 1. The Balaban J connectivity index is 1.90. The first-order valence-electron chi connectivity index (χ1n) is 7.30. The van der Waals surface area contributed by atoms with Gasteiger partial charge < -0.3 is 25.2 Å². The molecule has 2 heterocycles. The molecule has 0 atom stereocenters. The van der Waals surface area contributed by atoms with Crippen LogP contribution >= 0.6 is 11.3 Å². The third-order valence-corrected chi connectivity index (χ3v) is 4.23. The van der Waals surface area contributed by atoms with Crippen molar-refractivity contribution in [2.75, 3.05) is 45.2 Å². The highest BCUT2D eigenvalue weighted by atomic mass is 32.1. The number of esters is 1. The zero-order chi connectivity index (χ0) is 16.8. The van der Waals surface area contributed by atoms with Gasteiger partial charge in [0.1, 0.15) is 0 Å². The Labute approximate surface area is 138 Å². The third-order valence-electron chi connectivity index (χ3n) is 3.49. The summed E-state index contributed by atoms with van der Waals surface area (Å²) in [7, 11) is 1.30. The van der Waals surface area contributed by atoms with Crippen molar-refractivity contribution in [3.05, 3.63) is 16.3 Å². The van der Waals surface area contributed by atoms with Crippen LogP contribution in [0.4, 0.5) is 15.3 Å². The molecule has 0 aromatic carbocycles. The van der Waals surface area contributed by atoms with E-state index in [2.05, 4.69) is 15.4 Å². The van der Waals surface area contributed by atoms with E-state index in [-0.39, 0.29) is 12.1 Å². The van der Waals surface area contributed by atoms with Crippen molar-refractivity contribution < 1.29 is 19.1 Å². The Kier molecular flexibility index (Phi) is 5.80. The zero-order valence-corrected chi connectivity index (χ0v) is 13.9. The average Bonchev–Trinajstić information content (AvgIpc) is 3.02. The number of hydrogen-bond donors (Lipinski definition) is 2. The molecule has 0 unspecified atom stereocenters. The van der Waals surface area contributed by atoms with E-state index in [1.807, 2.05) is 6.92 Å². The van der Waals surface area contributed by atoms with Crippen LogP contribution in [-0.4, -0.2) is 67.7 Å². The fourth-order valence-corrected chi connectivity index (χ4v) is 2.98. The maximum Gasteiger partial charge on any atom is 0.340 e. The van der Waals surface area contributed by atoms with E-state index in [0.717, 1.165) is 0 Å². The molecule has 8 nitrogen and oxygen atoms in total. The van der Waals surface area contributed by atoms with Gasteiger partial charge in [-0.25, -0.2) is 14.4 Å². The normalized spacial score (nSPS) is 14.3.